The number of pyridine rings is 1. The maximum Gasteiger partial charge on any atom is 0.258 e. The number of ether oxygens (including phenoxy) is 2. The Morgan fingerprint density at radius 2 is 1.84 bits per heavy atom. The molecule has 1 amide bonds. The molecule has 0 spiro atoms. The maximum atomic E-state index is 12.7. The van der Waals surface area contributed by atoms with Crippen molar-refractivity contribution >= 4 is 22.8 Å². The fraction of sp³-hybridized carbons (Fsp3) is 0.304. The Kier molecular flexibility index (Phi) is 6.07. The Morgan fingerprint density at radius 3 is 2.53 bits per heavy atom. The van der Waals surface area contributed by atoms with Gasteiger partial charge in [-0.25, -0.2) is 4.98 Å². The van der Waals surface area contributed by atoms with Crippen molar-refractivity contribution in [1.29, 1.82) is 0 Å². The zero-order valence-electron chi connectivity index (χ0n) is 18.4. The molecular formula is C23H25N5O4. The predicted molar refractivity (Wildman–Crippen MR) is 119 cm³/mol. The molecule has 0 unspecified atom stereocenters. The van der Waals surface area contributed by atoms with Crippen LogP contribution >= 0.6 is 0 Å². The summed E-state index contributed by atoms with van der Waals surface area (Å²) in [5.74, 6) is 1.80. The number of carbonyl (C=O) groups excluding carboxylic acids is 1. The lowest BCUT2D eigenvalue weighted by atomic mass is 10.1. The number of aromatic nitrogens is 4. The van der Waals surface area contributed by atoms with Gasteiger partial charge in [-0.1, -0.05) is 19.0 Å². The van der Waals surface area contributed by atoms with Crippen molar-refractivity contribution in [3.05, 3.63) is 59.0 Å². The molecule has 4 rings (SSSR count). The number of anilines is 1. The van der Waals surface area contributed by atoms with E-state index < -0.39 is 0 Å². The van der Waals surface area contributed by atoms with E-state index in [0.717, 1.165) is 40.3 Å². The highest BCUT2D eigenvalue weighted by Gasteiger charge is 2.16. The SMILES string of the molecule is COc1cc(CCc2cc(NC(=O)c3cnc4onc(C(C)C)c4c3)n[nH]2)cc(OC)c1. The minimum atomic E-state index is -0.300. The van der Waals surface area contributed by atoms with Gasteiger partial charge < -0.3 is 19.3 Å². The van der Waals surface area contributed by atoms with Gasteiger partial charge in [0.15, 0.2) is 5.82 Å². The molecule has 166 valence electrons. The summed E-state index contributed by atoms with van der Waals surface area (Å²) >= 11 is 0. The molecule has 0 bridgehead atoms. The van der Waals surface area contributed by atoms with E-state index in [1.54, 1.807) is 20.3 Å². The Balaban J connectivity index is 1.42. The summed E-state index contributed by atoms with van der Waals surface area (Å²) in [5.41, 5.74) is 3.59. The van der Waals surface area contributed by atoms with Gasteiger partial charge in [0.25, 0.3) is 11.6 Å². The van der Waals surface area contributed by atoms with Crippen molar-refractivity contribution in [2.75, 3.05) is 19.5 Å². The van der Waals surface area contributed by atoms with Crippen LogP contribution in [0.5, 0.6) is 11.5 Å². The van der Waals surface area contributed by atoms with E-state index >= 15 is 0 Å². The average molecular weight is 435 g/mol. The first-order valence-corrected chi connectivity index (χ1v) is 10.3. The highest BCUT2D eigenvalue weighted by atomic mass is 16.5. The van der Waals surface area contributed by atoms with Crippen LogP contribution in [0.3, 0.4) is 0 Å². The normalized spacial score (nSPS) is 11.2. The van der Waals surface area contributed by atoms with Gasteiger partial charge in [-0.15, -0.1) is 0 Å². The lowest BCUT2D eigenvalue weighted by molar-refractivity contribution is 0.102. The van der Waals surface area contributed by atoms with Crippen molar-refractivity contribution in [2.45, 2.75) is 32.6 Å². The topological polar surface area (TPSA) is 115 Å². The average Bonchev–Trinajstić information content (AvgIpc) is 3.43. The number of benzene rings is 1. The predicted octanol–water partition coefficient (Wildman–Crippen LogP) is 4.12. The minimum Gasteiger partial charge on any atom is -0.497 e. The number of hydrogen-bond acceptors (Lipinski definition) is 7. The van der Waals surface area contributed by atoms with E-state index in [4.69, 9.17) is 14.0 Å². The molecule has 0 aliphatic rings. The molecule has 0 saturated heterocycles. The van der Waals surface area contributed by atoms with Crippen molar-refractivity contribution in [2.24, 2.45) is 0 Å². The molecule has 0 saturated carbocycles. The Bertz CT molecular complexity index is 1220. The number of nitrogens with one attached hydrogen (secondary N) is 2. The van der Waals surface area contributed by atoms with Crippen molar-refractivity contribution in [3.63, 3.8) is 0 Å². The quantitative estimate of drug-likeness (QED) is 0.428. The molecule has 9 nitrogen and oxygen atoms in total. The fourth-order valence-electron chi connectivity index (χ4n) is 3.42. The van der Waals surface area contributed by atoms with Crippen LogP contribution in [0.2, 0.25) is 0 Å². The van der Waals surface area contributed by atoms with Crippen molar-refractivity contribution in [3.8, 4) is 11.5 Å². The number of nitrogens with zero attached hydrogens (tertiary/aromatic N) is 3. The van der Waals surface area contributed by atoms with E-state index in [1.807, 2.05) is 38.1 Å². The van der Waals surface area contributed by atoms with Crippen molar-refractivity contribution in [1.82, 2.24) is 20.3 Å². The number of rotatable bonds is 8. The Hall–Kier alpha value is -3.88. The molecular weight excluding hydrogens is 410 g/mol. The Morgan fingerprint density at radius 1 is 1.09 bits per heavy atom. The van der Waals surface area contributed by atoms with Gasteiger partial charge in [0.2, 0.25) is 0 Å². The smallest absolute Gasteiger partial charge is 0.258 e. The summed E-state index contributed by atoms with van der Waals surface area (Å²) in [7, 11) is 3.25. The molecule has 0 aliphatic heterocycles. The van der Waals surface area contributed by atoms with Crippen LogP contribution in [0.25, 0.3) is 11.1 Å². The second-order valence-electron chi connectivity index (χ2n) is 7.75. The lowest BCUT2D eigenvalue weighted by Gasteiger charge is -2.08. The van der Waals surface area contributed by atoms with Gasteiger partial charge in [0.05, 0.1) is 30.9 Å². The molecule has 3 heterocycles. The van der Waals surface area contributed by atoms with Gasteiger partial charge >= 0.3 is 0 Å². The van der Waals surface area contributed by atoms with Gasteiger partial charge in [0, 0.05) is 24.0 Å². The lowest BCUT2D eigenvalue weighted by Crippen LogP contribution is -2.12. The highest BCUT2D eigenvalue weighted by Crippen LogP contribution is 2.25. The first-order chi connectivity index (χ1) is 15.5. The summed E-state index contributed by atoms with van der Waals surface area (Å²) in [6.07, 6.45) is 2.94. The van der Waals surface area contributed by atoms with E-state index in [2.05, 4.69) is 25.7 Å². The van der Waals surface area contributed by atoms with Gasteiger partial charge in [-0.2, -0.15) is 5.10 Å². The van der Waals surface area contributed by atoms with Crippen LogP contribution in [0.4, 0.5) is 5.82 Å². The molecule has 0 atom stereocenters. The fourth-order valence-corrected chi connectivity index (χ4v) is 3.42. The number of methoxy groups -OCH3 is 2. The Labute approximate surface area is 185 Å². The summed E-state index contributed by atoms with van der Waals surface area (Å²) in [6, 6.07) is 9.35. The first kappa shape index (κ1) is 21.4. The first-order valence-electron chi connectivity index (χ1n) is 10.3. The third-order valence-electron chi connectivity index (χ3n) is 5.13. The molecule has 1 aromatic carbocycles. The number of H-pyrrole nitrogens is 1. The van der Waals surface area contributed by atoms with Crippen LogP contribution in [0.15, 0.2) is 41.1 Å². The van der Waals surface area contributed by atoms with Crippen LogP contribution in [0, 0.1) is 0 Å². The molecule has 2 N–H and O–H groups in total. The second kappa shape index (κ2) is 9.09. The van der Waals surface area contributed by atoms with E-state index in [-0.39, 0.29) is 11.8 Å². The third kappa shape index (κ3) is 4.56. The maximum absolute atomic E-state index is 12.7. The van der Waals surface area contributed by atoms with Gasteiger partial charge in [-0.05, 0) is 42.5 Å². The second-order valence-corrected chi connectivity index (χ2v) is 7.75. The largest absolute Gasteiger partial charge is 0.497 e. The number of aryl methyl sites for hydroxylation is 2. The molecule has 0 aliphatic carbocycles. The summed E-state index contributed by atoms with van der Waals surface area (Å²) < 4.78 is 15.9. The third-order valence-corrected chi connectivity index (χ3v) is 5.13. The number of fused-ring (bicyclic) bond motifs is 1. The summed E-state index contributed by atoms with van der Waals surface area (Å²) in [5, 5.41) is 14.8. The van der Waals surface area contributed by atoms with E-state index in [9.17, 15) is 4.79 Å². The minimum absolute atomic E-state index is 0.162. The monoisotopic (exact) mass is 435 g/mol. The zero-order chi connectivity index (χ0) is 22.7. The summed E-state index contributed by atoms with van der Waals surface area (Å²) in [4.78, 5) is 16.9. The van der Waals surface area contributed by atoms with E-state index in [0.29, 0.717) is 23.5 Å². The van der Waals surface area contributed by atoms with Crippen molar-refractivity contribution < 1.29 is 18.8 Å². The number of amides is 1. The van der Waals surface area contributed by atoms with Gasteiger partial charge in [0.1, 0.15) is 11.5 Å². The standard InChI is InChI=1S/C23H25N5O4/c1-13(2)21-19-9-15(12-24-23(19)32-28-21)22(29)25-20-10-16(26-27-20)6-5-14-7-17(30-3)11-18(8-14)31-4/h7-13H,5-6H2,1-4H3,(H2,25,26,27,29). The molecule has 3 aromatic heterocycles. The van der Waals surface area contributed by atoms with E-state index in [1.165, 1.54) is 6.20 Å². The zero-order valence-corrected chi connectivity index (χ0v) is 18.4. The molecule has 4 aromatic rings. The molecule has 0 fully saturated rings. The highest BCUT2D eigenvalue weighted by molar-refractivity contribution is 6.05. The molecule has 0 radical (unpaired) electrons. The molecule has 9 heteroatoms. The van der Waals surface area contributed by atoms with Crippen LogP contribution in [-0.4, -0.2) is 40.5 Å². The number of carbonyl (C=O) groups is 1. The summed E-state index contributed by atoms with van der Waals surface area (Å²) in [6.45, 7) is 4.02. The molecule has 32 heavy (non-hydrogen) atoms. The van der Waals surface area contributed by atoms with Crippen LogP contribution in [-0.2, 0) is 12.8 Å². The number of hydrogen-bond donors (Lipinski definition) is 2. The van der Waals surface area contributed by atoms with Crippen LogP contribution in [0.1, 0.15) is 47.1 Å². The number of aromatic amines is 1. The van der Waals surface area contributed by atoms with Crippen LogP contribution < -0.4 is 14.8 Å². The van der Waals surface area contributed by atoms with Gasteiger partial charge in [-0.3, -0.25) is 9.89 Å².